The Morgan fingerprint density at radius 1 is 1.25 bits per heavy atom. The van der Waals surface area contributed by atoms with E-state index in [0.29, 0.717) is 19.0 Å². The van der Waals surface area contributed by atoms with Crippen molar-refractivity contribution in [3.05, 3.63) is 34.9 Å². The van der Waals surface area contributed by atoms with Gasteiger partial charge in [-0.1, -0.05) is 13.0 Å². The summed E-state index contributed by atoms with van der Waals surface area (Å²) in [6.45, 7) is 4.84. The van der Waals surface area contributed by atoms with Crippen molar-refractivity contribution < 1.29 is 14.7 Å². The van der Waals surface area contributed by atoms with E-state index in [1.54, 1.807) is 12.1 Å². The lowest BCUT2D eigenvalue weighted by Crippen LogP contribution is -2.35. The number of rotatable bonds is 2. The molecule has 0 saturated carbocycles. The molecule has 20 heavy (non-hydrogen) atoms. The van der Waals surface area contributed by atoms with Crippen LogP contribution in [-0.4, -0.2) is 35.0 Å². The van der Waals surface area contributed by atoms with Crippen LogP contribution in [0.1, 0.15) is 28.4 Å². The number of nitrogens with one attached hydrogen (secondary N) is 1. The van der Waals surface area contributed by atoms with Gasteiger partial charge in [-0.25, -0.2) is 4.79 Å². The number of amides is 1. The van der Waals surface area contributed by atoms with Gasteiger partial charge in [0, 0.05) is 19.6 Å². The molecule has 1 aromatic carbocycles. The smallest absolute Gasteiger partial charge is 0.335 e. The molecule has 106 valence electrons. The van der Waals surface area contributed by atoms with Gasteiger partial charge in [-0.05, 0) is 35.7 Å². The monoisotopic (exact) mass is 274 g/mol. The zero-order valence-corrected chi connectivity index (χ0v) is 11.4. The molecular formula is C15H18N2O3. The molecule has 0 radical (unpaired) electrons. The van der Waals surface area contributed by atoms with Crippen molar-refractivity contribution in [2.75, 3.05) is 13.1 Å². The van der Waals surface area contributed by atoms with Crippen molar-refractivity contribution in [1.29, 1.82) is 0 Å². The third kappa shape index (κ3) is 2.18. The van der Waals surface area contributed by atoms with Crippen LogP contribution in [0.15, 0.2) is 18.2 Å². The fourth-order valence-electron chi connectivity index (χ4n) is 3.06. The molecule has 2 heterocycles. The summed E-state index contributed by atoms with van der Waals surface area (Å²) in [5.74, 6) is -0.342. The highest BCUT2D eigenvalue weighted by Crippen LogP contribution is 2.28. The first-order valence-corrected chi connectivity index (χ1v) is 6.91. The number of carboxylic acids is 1. The summed E-state index contributed by atoms with van der Waals surface area (Å²) < 4.78 is 0. The highest BCUT2D eigenvalue weighted by molar-refractivity contribution is 5.88. The lowest BCUT2D eigenvalue weighted by Gasteiger charge is -2.22. The van der Waals surface area contributed by atoms with Crippen LogP contribution in [0, 0.1) is 11.8 Å². The molecule has 2 unspecified atom stereocenters. The maximum Gasteiger partial charge on any atom is 0.335 e. The normalized spacial score (nSPS) is 24.8. The van der Waals surface area contributed by atoms with Crippen LogP contribution in [0.5, 0.6) is 0 Å². The van der Waals surface area contributed by atoms with E-state index in [9.17, 15) is 9.59 Å². The molecule has 0 aliphatic carbocycles. The van der Waals surface area contributed by atoms with E-state index in [4.69, 9.17) is 5.11 Å². The van der Waals surface area contributed by atoms with E-state index in [1.165, 1.54) is 0 Å². The number of carbonyl (C=O) groups is 2. The molecule has 1 fully saturated rings. The van der Waals surface area contributed by atoms with Crippen molar-refractivity contribution >= 4 is 11.9 Å². The van der Waals surface area contributed by atoms with Gasteiger partial charge in [-0.3, -0.25) is 4.79 Å². The van der Waals surface area contributed by atoms with Crippen LogP contribution in [0.25, 0.3) is 0 Å². The Bertz CT molecular complexity index is 570. The summed E-state index contributed by atoms with van der Waals surface area (Å²) in [5, 5.41) is 12.3. The number of hydrogen-bond acceptors (Lipinski definition) is 3. The number of benzene rings is 1. The predicted octanol–water partition coefficient (Wildman–Crippen LogP) is 1.08. The zero-order valence-electron chi connectivity index (χ0n) is 11.4. The van der Waals surface area contributed by atoms with Crippen LogP contribution in [0.3, 0.4) is 0 Å². The quantitative estimate of drug-likeness (QED) is 0.847. The van der Waals surface area contributed by atoms with Crippen molar-refractivity contribution in [3.63, 3.8) is 0 Å². The Kier molecular flexibility index (Phi) is 3.22. The molecule has 5 nitrogen and oxygen atoms in total. The molecule has 3 rings (SSSR count). The van der Waals surface area contributed by atoms with Gasteiger partial charge in [0.25, 0.3) is 0 Å². The Balaban J connectivity index is 1.76. The molecule has 1 aromatic rings. The first kappa shape index (κ1) is 13.1. The average Bonchev–Trinajstić information content (AvgIpc) is 3.02. The summed E-state index contributed by atoms with van der Waals surface area (Å²) >= 11 is 0. The van der Waals surface area contributed by atoms with Crippen molar-refractivity contribution in [3.8, 4) is 0 Å². The van der Waals surface area contributed by atoms with Gasteiger partial charge in [0.1, 0.15) is 0 Å². The third-order valence-electron chi connectivity index (χ3n) is 4.32. The second kappa shape index (κ2) is 4.90. The van der Waals surface area contributed by atoms with Gasteiger partial charge >= 0.3 is 5.97 Å². The zero-order chi connectivity index (χ0) is 14.3. The first-order chi connectivity index (χ1) is 9.56. The maximum absolute atomic E-state index is 12.5. The number of fused-ring (bicyclic) bond motifs is 1. The van der Waals surface area contributed by atoms with E-state index in [1.807, 2.05) is 11.0 Å². The number of hydrogen-bond donors (Lipinski definition) is 2. The standard InChI is InChI=1S/C15H18N2O3/c1-9-5-16-6-13(9)14(18)17-7-11-3-2-10(15(19)20)4-12(11)8-17/h2-4,9,13,16H,5-8H2,1H3,(H,19,20). The van der Waals surface area contributed by atoms with Crippen LogP contribution in [0.2, 0.25) is 0 Å². The molecule has 1 amide bonds. The molecule has 2 atom stereocenters. The predicted molar refractivity (Wildman–Crippen MR) is 73.2 cm³/mol. The molecule has 5 heteroatoms. The Morgan fingerprint density at radius 3 is 2.65 bits per heavy atom. The third-order valence-corrected chi connectivity index (χ3v) is 4.32. The SMILES string of the molecule is CC1CNCC1C(=O)N1Cc2ccc(C(=O)O)cc2C1. The first-order valence-electron chi connectivity index (χ1n) is 6.91. The van der Waals surface area contributed by atoms with Crippen LogP contribution in [0.4, 0.5) is 0 Å². The van der Waals surface area contributed by atoms with E-state index < -0.39 is 5.97 Å². The lowest BCUT2D eigenvalue weighted by atomic mass is 9.97. The second-order valence-electron chi connectivity index (χ2n) is 5.72. The van der Waals surface area contributed by atoms with Gasteiger partial charge in [0.15, 0.2) is 0 Å². The molecular weight excluding hydrogens is 256 g/mol. The molecule has 0 spiro atoms. The van der Waals surface area contributed by atoms with Gasteiger partial charge in [-0.2, -0.15) is 0 Å². The van der Waals surface area contributed by atoms with Gasteiger partial charge in [0.05, 0.1) is 11.5 Å². The van der Waals surface area contributed by atoms with Crippen molar-refractivity contribution in [2.24, 2.45) is 11.8 Å². The fourth-order valence-corrected chi connectivity index (χ4v) is 3.06. The Hall–Kier alpha value is -1.88. The summed E-state index contributed by atoms with van der Waals surface area (Å²) in [7, 11) is 0. The lowest BCUT2D eigenvalue weighted by molar-refractivity contribution is -0.136. The minimum atomic E-state index is -0.925. The number of aromatic carboxylic acids is 1. The van der Waals surface area contributed by atoms with Crippen LogP contribution >= 0.6 is 0 Å². The molecule has 2 aliphatic heterocycles. The van der Waals surface area contributed by atoms with Gasteiger partial charge in [-0.15, -0.1) is 0 Å². The highest BCUT2D eigenvalue weighted by atomic mass is 16.4. The van der Waals surface area contributed by atoms with E-state index in [-0.39, 0.29) is 17.4 Å². The van der Waals surface area contributed by atoms with E-state index in [2.05, 4.69) is 12.2 Å². The minimum absolute atomic E-state index is 0.0447. The molecule has 1 saturated heterocycles. The summed E-state index contributed by atoms with van der Waals surface area (Å²) in [6, 6.07) is 5.11. The van der Waals surface area contributed by atoms with Gasteiger partial charge < -0.3 is 15.3 Å². The van der Waals surface area contributed by atoms with Crippen molar-refractivity contribution in [1.82, 2.24) is 10.2 Å². The van der Waals surface area contributed by atoms with Gasteiger partial charge in [0.2, 0.25) is 5.91 Å². The second-order valence-corrected chi connectivity index (χ2v) is 5.72. The summed E-state index contributed by atoms with van der Waals surface area (Å²) in [6.07, 6.45) is 0. The maximum atomic E-state index is 12.5. The molecule has 0 bridgehead atoms. The van der Waals surface area contributed by atoms with Crippen LogP contribution in [-0.2, 0) is 17.9 Å². The highest BCUT2D eigenvalue weighted by Gasteiger charge is 2.35. The molecule has 2 N–H and O–H groups in total. The number of carbonyl (C=O) groups excluding carboxylic acids is 1. The molecule has 2 aliphatic rings. The van der Waals surface area contributed by atoms with E-state index >= 15 is 0 Å². The average molecular weight is 274 g/mol. The largest absolute Gasteiger partial charge is 0.478 e. The topological polar surface area (TPSA) is 69.6 Å². The number of carboxylic acid groups (broad SMARTS) is 1. The summed E-state index contributed by atoms with van der Waals surface area (Å²) in [4.78, 5) is 25.3. The number of nitrogens with zero attached hydrogens (tertiary/aromatic N) is 1. The Labute approximate surface area is 117 Å². The van der Waals surface area contributed by atoms with E-state index in [0.717, 1.165) is 24.2 Å². The Morgan fingerprint density at radius 2 is 2.00 bits per heavy atom. The fraction of sp³-hybridized carbons (Fsp3) is 0.467. The molecule has 0 aromatic heterocycles. The van der Waals surface area contributed by atoms with Crippen LogP contribution < -0.4 is 5.32 Å². The van der Waals surface area contributed by atoms with Crippen molar-refractivity contribution in [2.45, 2.75) is 20.0 Å². The minimum Gasteiger partial charge on any atom is -0.478 e. The summed E-state index contributed by atoms with van der Waals surface area (Å²) in [5.41, 5.74) is 2.30.